The van der Waals surface area contributed by atoms with Crippen molar-refractivity contribution in [1.29, 1.82) is 0 Å². The first-order chi connectivity index (χ1) is 10.3. The molecule has 0 atom stereocenters. The van der Waals surface area contributed by atoms with Gasteiger partial charge in [0.05, 0.1) is 0 Å². The van der Waals surface area contributed by atoms with E-state index in [0.717, 1.165) is 19.3 Å². The Balaban J connectivity index is -0.000000338. The van der Waals surface area contributed by atoms with E-state index in [1.54, 1.807) is 0 Å². The van der Waals surface area contributed by atoms with Crippen LogP contribution in [-0.2, 0) is 26.2 Å². The summed E-state index contributed by atoms with van der Waals surface area (Å²) in [5.74, 6) is 0. The molecule has 0 amide bonds. The minimum absolute atomic E-state index is 0. The van der Waals surface area contributed by atoms with Crippen LogP contribution in [0, 0.1) is 19.9 Å². The average molecular weight is 381 g/mol. The first-order valence-corrected chi connectivity index (χ1v) is 8.72. The molecular formula is C21H37Zr. The Morgan fingerprint density at radius 3 is 2.05 bits per heavy atom. The van der Waals surface area contributed by atoms with Gasteiger partial charge in [0.1, 0.15) is 0 Å². The van der Waals surface area contributed by atoms with E-state index in [0.29, 0.717) is 0 Å². The number of hydrogen-bond acceptors (Lipinski definition) is 0. The third kappa shape index (κ3) is 25.1. The van der Waals surface area contributed by atoms with Gasteiger partial charge in [-0.25, -0.2) is 12.2 Å². The van der Waals surface area contributed by atoms with Gasteiger partial charge in [0.25, 0.3) is 0 Å². The van der Waals surface area contributed by atoms with E-state index in [9.17, 15) is 0 Å². The summed E-state index contributed by atoms with van der Waals surface area (Å²) >= 11 is 0. The van der Waals surface area contributed by atoms with Gasteiger partial charge in [0, 0.05) is 0 Å². The molecule has 0 unspecified atom stereocenters. The van der Waals surface area contributed by atoms with Crippen LogP contribution >= 0.6 is 0 Å². The number of allylic oxidation sites excluding steroid dienone is 5. The fraction of sp³-hybridized carbons (Fsp3) is 0.619. The van der Waals surface area contributed by atoms with Gasteiger partial charge in [-0.3, -0.25) is 6.08 Å². The topological polar surface area (TPSA) is 0 Å². The summed E-state index contributed by atoms with van der Waals surface area (Å²) in [5.41, 5.74) is 1.49. The molecule has 1 radical (unpaired) electrons. The Hall–Kier alpha value is 0.103. The van der Waals surface area contributed by atoms with Gasteiger partial charge in [0.15, 0.2) is 0 Å². The smallest absolute Gasteiger partial charge is 0.343 e. The predicted molar refractivity (Wildman–Crippen MR) is 98.9 cm³/mol. The molecule has 0 aromatic heterocycles. The van der Waals surface area contributed by atoms with Crippen molar-refractivity contribution in [3.8, 4) is 0 Å². The maximum absolute atomic E-state index is 3.72. The van der Waals surface area contributed by atoms with Gasteiger partial charge < -0.3 is 13.8 Å². The van der Waals surface area contributed by atoms with Gasteiger partial charge in [-0.2, -0.15) is 18.4 Å². The van der Waals surface area contributed by atoms with Gasteiger partial charge in [-0.05, 0) is 12.8 Å². The minimum atomic E-state index is 0. The Morgan fingerprint density at radius 2 is 1.64 bits per heavy atom. The number of hydrogen-bond donors (Lipinski definition) is 0. The molecular weight excluding hydrogens is 343 g/mol. The second-order valence-corrected chi connectivity index (χ2v) is 5.30. The van der Waals surface area contributed by atoms with Crippen LogP contribution in [0.1, 0.15) is 84.5 Å². The summed E-state index contributed by atoms with van der Waals surface area (Å²) in [5, 5.41) is 0. The monoisotopic (exact) mass is 379 g/mol. The van der Waals surface area contributed by atoms with Crippen LogP contribution in [0.3, 0.4) is 0 Å². The summed E-state index contributed by atoms with van der Waals surface area (Å²) in [4.78, 5) is 0. The molecule has 0 N–H and O–H groups in total. The van der Waals surface area contributed by atoms with E-state index in [1.165, 1.54) is 56.9 Å². The molecule has 0 saturated carbocycles. The second kappa shape index (κ2) is 26.0. The van der Waals surface area contributed by atoms with E-state index in [1.807, 2.05) is 12.2 Å². The first-order valence-electron chi connectivity index (χ1n) is 8.72. The van der Waals surface area contributed by atoms with Gasteiger partial charge >= 0.3 is 26.2 Å². The van der Waals surface area contributed by atoms with Crippen LogP contribution in [-0.4, -0.2) is 0 Å². The Labute approximate surface area is 160 Å². The molecule has 0 aliphatic heterocycles. The van der Waals surface area contributed by atoms with Crippen LogP contribution in [0.15, 0.2) is 30.4 Å². The van der Waals surface area contributed by atoms with Crippen LogP contribution < -0.4 is 0 Å². The fourth-order valence-corrected chi connectivity index (χ4v) is 1.59. The van der Waals surface area contributed by atoms with E-state index >= 15 is 0 Å². The molecule has 0 bridgehead atoms. The number of unbranched alkanes of at least 4 members (excludes halogenated alkanes) is 6. The molecule has 0 saturated heterocycles. The molecule has 0 spiro atoms. The van der Waals surface area contributed by atoms with Crippen molar-refractivity contribution in [1.82, 2.24) is 0 Å². The summed E-state index contributed by atoms with van der Waals surface area (Å²) in [7, 11) is 0. The molecule has 0 aromatic rings. The van der Waals surface area contributed by atoms with Crippen LogP contribution in [0.2, 0.25) is 0 Å². The van der Waals surface area contributed by atoms with E-state index in [4.69, 9.17) is 0 Å². The largest absolute Gasteiger partial charge is 3.00 e. The summed E-state index contributed by atoms with van der Waals surface area (Å²) in [6, 6.07) is 0. The molecule has 1 heteroatoms. The van der Waals surface area contributed by atoms with Crippen molar-refractivity contribution in [2.75, 3.05) is 0 Å². The third-order valence-electron chi connectivity index (χ3n) is 3.11. The molecule has 22 heavy (non-hydrogen) atoms. The van der Waals surface area contributed by atoms with E-state index in [2.05, 4.69) is 46.4 Å². The molecule has 1 aliphatic rings. The molecule has 1 rings (SSSR count). The molecule has 0 nitrogen and oxygen atoms in total. The Kier molecular flexibility index (Phi) is 31.9. The average Bonchev–Trinajstić information content (AvgIpc) is 3.04. The quantitative estimate of drug-likeness (QED) is 0.221. The zero-order chi connectivity index (χ0) is 16.2. The van der Waals surface area contributed by atoms with Crippen LogP contribution in [0.25, 0.3) is 0 Å². The normalized spacial score (nSPS) is 11.4. The maximum Gasteiger partial charge on any atom is 3.00 e. The predicted octanol–water partition coefficient (Wildman–Crippen LogP) is 7.44. The van der Waals surface area contributed by atoms with Crippen molar-refractivity contribution in [3.63, 3.8) is 0 Å². The first kappa shape index (κ1) is 27.0. The molecule has 0 fully saturated rings. The van der Waals surface area contributed by atoms with Crippen molar-refractivity contribution < 1.29 is 26.2 Å². The van der Waals surface area contributed by atoms with Crippen molar-refractivity contribution in [2.24, 2.45) is 0 Å². The van der Waals surface area contributed by atoms with E-state index in [-0.39, 0.29) is 26.2 Å². The Morgan fingerprint density at radius 1 is 1.09 bits per heavy atom. The van der Waals surface area contributed by atoms with Gasteiger partial charge in [-0.1, -0.05) is 64.9 Å². The fourth-order valence-electron chi connectivity index (χ4n) is 1.59. The number of rotatable bonds is 9. The van der Waals surface area contributed by atoms with Crippen molar-refractivity contribution in [3.05, 3.63) is 50.3 Å². The molecule has 1 aliphatic carbocycles. The van der Waals surface area contributed by atoms with E-state index < -0.39 is 0 Å². The molecule has 0 aromatic carbocycles. The van der Waals surface area contributed by atoms with Crippen molar-refractivity contribution >= 4 is 0 Å². The van der Waals surface area contributed by atoms with Crippen LogP contribution in [0.5, 0.6) is 0 Å². The zero-order valence-electron chi connectivity index (χ0n) is 15.1. The summed E-state index contributed by atoms with van der Waals surface area (Å²) < 4.78 is 0. The summed E-state index contributed by atoms with van der Waals surface area (Å²) in [6.45, 7) is 15.2. The van der Waals surface area contributed by atoms with Crippen LogP contribution in [0.4, 0.5) is 0 Å². The maximum atomic E-state index is 3.72. The SMILES string of the molecule is C=CCCCCCCC1=[C-]C=CC1.[CH2-]CCC.[CH2-]CCC.[Zr+3]. The zero-order valence-corrected chi connectivity index (χ0v) is 17.6. The summed E-state index contributed by atoms with van der Waals surface area (Å²) in [6.07, 6.45) is 23.0. The molecule has 125 valence electrons. The van der Waals surface area contributed by atoms with Gasteiger partial charge in [0.2, 0.25) is 0 Å². The minimum Gasteiger partial charge on any atom is -0.343 e. The van der Waals surface area contributed by atoms with Gasteiger partial charge in [-0.15, -0.1) is 6.58 Å². The molecule has 0 heterocycles. The second-order valence-electron chi connectivity index (χ2n) is 5.30. The van der Waals surface area contributed by atoms with Crippen molar-refractivity contribution in [2.45, 2.75) is 84.5 Å². The standard InChI is InChI=1S/C13H19.2C4H9.Zr/c1-2-3-4-5-6-7-10-13-11-8-9-12-13;2*1-3-4-2;/h2,8-9H,1,3-7,10-11H2;2*1,3-4H2,2H3;/q3*-1;+3. The Bertz CT molecular complexity index is 243. The third-order valence-corrected chi connectivity index (χ3v) is 3.11.